The van der Waals surface area contributed by atoms with E-state index in [4.69, 9.17) is 4.74 Å². The van der Waals surface area contributed by atoms with Gasteiger partial charge in [0.2, 0.25) is 5.88 Å². The number of rotatable bonds is 9. The monoisotopic (exact) mass is 391 g/mol. The Balaban J connectivity index is 1.78. The Morgan fingerprint density at radius 3 is 2.41 bits per heavy atom. The van der Waals surface area contributed by atoms with Crippen LogP contribution in [-0.4, -0.2) is 61.5 Å². The van der Waals surface area contributed by atoms with Gasteiger partial charge in [-0.3, -0.25) is 4.79 Å². The number of aromatic nitrogens is 1. The molecular weight excluding hydrogens is 362 g/mol. The third-order valence-electron chi connectivity index (χ3n) is 4.96. The van der Waals surface area contributed by atoms with E-state index >= 15 is 0 Å². The molecule has 0 bridgehead atoms. The van der Waals surface area contributed by atoms with Gasteiger partial charge in [-0.1, -0.05) is 48.5 Å². The van der Waals surface area contributed by atoms with Crippen LogP contribution in [-0.2, 0) is 6.42 Å². The summed E-state index contributed by atoms with van der Waals surface area (Å²) in [4.78, 5) is 21.8. The van der Waals surface area contributed by atoms with E-state index in [1.807, 2.05) is 55.4 Å². The molecule has 5 nitrogen and oxygen atoms in total. The maximum absolute atomic E-state index is 13.3. The number of hydrogen-bond acceptors (Lipinski definition) is 4. The largest absolute Gasteiger partial charge is 0.481 e. The van der Waals surface area contributed by atoms with Gasteiger partial charge in [0, 0.05) is 25.0 Å². The van der Waals surface area contributed by atoms with Crippen molar-refractivity contribution >= 4 is 16.7 Å². The highest BCUT2D eigenvalue weighted by Crippen LogP contribution is 2.24. The zero-order valence-corrected chi connectivity index (χ0v) is 17.5. The van der Waals surface area contributed by atoms with Gasteiger partial charge in [0.15, 0.2) is 0 Å². The van der Waals surface area contributed by atoms with Crippen LogP contribution in [0.1, 0.15) is 22.5 Å². The summed E-state index contributed by atoms with van der Waals surface area (Å²) in [5.74, 6) is 0.437. The van der Waals surface area contributed by atoms with Crippen LogP contribution in [0.2, 0.25) is 0 Å². The number of pyridine rings is 1. The molecule has 0 saturated heterocycles. The summed E-state index contributed by atoms with van der Waals surface area (Å²) in [6.45, 7) is 2.16. The second kappa shape index (κ2) is 10.0. The summed E-state index contributed by atoms with van der Waals surface area (Å²) in [7, 11) is 5.63. The third kappa shape index (κ3) is 5.55. The number of nitrogens with zero attached hydrogens (tertiary/aromatic N) is 3. The molecular formula is C24H29N3O2. The molecule has 0 fully saturated rings. The Kier molecular flexibility index (Phi) is 7.19. The topological polar surface area (TPSA) is 45.7 Å². The van der Waals surface area contributed by atoms with Crippen molar-refractivity contribution in [2.75, 3.05) is 40.8 Å². The van der Waals surface area contributed by atoms with Gasteiger partial charge in [-0.2, -0.15) is 0 Å². The summed E-state index contributed by atoms with van der Waals surface area (Å²) in [6.07, 6.45) is 1.86. The number of ether oxygens (including phenoxy) is 1. The fourth-order valence-electron chi connectivity index (χ4n) is 3.35. The molecule has 0 unspecified atom stereocenters. The first-order chi connectivity index (χ1) is 14.1. The molecule has 0 N–H and O–H groups in total. The Morgan fingerprint density at radius 2 is 1.69 bits per heavy atom. The molecule has 1 amide bonds. The van der Waals surface area contributed by atoms with Crippen LogP contribution in [0.4, 0.5) is 0 Å². The van der Waals surface area contributed by atoms with E-state index in [1.165, 1.54) is 5.56 Å². The predicted octanol–water partition coefficient (Wildman–Crippen LogP) is 3.88. The molecule has 0 spiro atoms. The minimum absolute atomic E-state index is 0.0519. The first-order valence-electron chi connectivity index (χ1n) is 10.00. The normalized spacial score (nSPS) is 11.0. The Hall–Kier alpha value is -2.92. The number of benzene rings is 2. The number of aryl methyl sites for hydroxylation is 1. The van der Waals surface area contributed by atoms with E-state index in [2.05, 4.69) is 34.1 Å². The van der Waals surface area contributed by atoms with Crippen LogP contribution in [0.5, 0.6) is 5.88 Å². The second-order valence-corrected chi connectivity index (χ2v) is 7.42. The number of carbonyl (C=O) groups excluding carboxylic acids is 1. The predicted molar refractivity (Wildman–Crippen MR) is 118 cm³/mol. The summed E-state index contributed by atoms with van der Waals surface area (Å²) in [6, 6.07) is 20.1. The van der Waals surface area contributed by atoms with E-state index in [-0.39, 0.29) is 5.91 Å². The maximum Gasteiger partial charge on any atom is 0.272 e. The fraction of sp³-hybridized carbons (Fsp3) is 0.333. The highest BCUT2D eigenvalue weighted by Gasteiger charge is 2.19. The number of carbonyl (C=O) groups is 1. The molecule has 1 heterocycles. The van der Waals surface area contributed by atoms with Crippen molar-refractivity contribution in [3.63, 3.8) is 0 Å². The molecule has 29 heavy (non-hydrogen) atoms. The van der Waals surface area contributed by atoms with Crippen molar-refractivity contribution in [2.45, 2.75) is 12.8 Å². The first-order valence-corrected chi connectivity index (χ1v) is 10.00. The van der Waals surface area contributed by atoms with Gasteiger partial charge in [-0.15, -0.1) is 0 Å². The van der Waals surface area contributed by atoms with Crippen LogP contribution in [0.15, 0.2) is 60.7 Å². The minimum atomic E-state index is -0.0519. The standard InChI is InChI=1S/C24H29N3O2/c1-26(2)16-17-27(15-9-12-19-10-5-4-6-11-19)24(28)22-18-20-13-7-8-14-21(20)23(25-22)29-3/h4-8,10-11,13-14,18H,9,12,15-17H2,1-3H3. The Morgan fingerprint density at radius 1 is 0.966 bits per heavy atom. The van der Waals surface area contributed by atoms with Crippen molar-refractivity contribution in [3.8, 4) is 5.88 Å². The highest BCUT2D eigenvalue weighted by molar-refractivity contribution is 5.98. The number of hydrogen-bond donors (Lipinski definition) is 0. The lowest BCUT2D eigenvalue weighted by molar-refractivity contribution is 0.0736. The van der Waals surface area contributed by atoms with Gasteiger partial charge < -0.3 is 14.5 Å². The third-order valence-corrected chi connectivity index (χ3v) is 4.96. The van der Waals surface area contributed by atoms with Gasteiger partial charge in [-0.25, -0.2) is 4.98 Å². The maximum atomic E-state index is 13.3. The molecule has 0 aliphatic carbocycles. The molecule has 3 aromatic rings. The molecule has 0 aliphatic heterocycles. The van der Waals surface area contributed by atoms with Crippen molar-refractivity contribution in [1.29, 1.82) is 0 Å². The molecule has 0 aliphatic rings. The van der Waals surface area contributed by atoms with Crippen LogP contribution in [0, 0.1) is 0 Å². The zero-order chi connectivity index (χ0) is 20.6. The lowest BCUT2D eigenvalue weighted by Crippen LogP contribution is -2.38. The number of likely N-dealkylation sites (N-methyl/N-ethyl adjacent to an activating group) is 1. The van der Waals surface area contributed by atoms with Crippen molar-refractivity contribution in [3.05, 3.63) is 71.9 Å². The number of methoxy groups -OCH3 is 1. The van der Waals surface area contributed by atoms with Crippen molar-refractivity contribution in [2.24, 2.45) is 0 Å². The van der Waals surface area contributed by atoms with E-state index in [0.717, 1.165) is 30.2 Å². The van der Waals surface area contributed by atoms with Gasteiger partial charge in [-0.05, 0) is 50.0 Å². The molecule has 0 saturated carbocycles. The van der Waals surface area contributed by atoms with Gasteiger partial charge in [0.1, 0.15) is 5.69 Å². The van der Waals surface area contributed by atoms with Crippen LogP contribution in [0.3, 0.4) is 0 Å². The number of fused-ring (bicyclic) bond motifs is 1. The molecule has 0 radical (unpaired) electrons. The molecule has 2 aromatic carbocycles. The Bertz CT molecular complexity index is 941. The minimum Gasteiger partial charge on any atom is -0.481 e. The second-order valence-electron chi connectivity index (χ2n) is 7.42. The lowest BCUT2D eigenvalue weighted by Gasteiger charge is -2.24. The summed E-state index contributed by atoms with van der Waals surface area (Å²) >= 11 is 0. The molecule has 5 heteroatoms. The first kappa shape index (κ1) is 20.8. The molecule has 152 valence electrons. The van der Waals surface area contributed by atoms with Crippen molar-refractivity contribution in [1.82, 2.24) is 14.8 Å². The van der Waals surface area contributed by atoms with Crippen LogP contribution < -0.4 is 4.74 Å². The van der Waals surface area contributed by atoms with Crippen LogP contribution in [0.25, 0.3) is 10.8 Å². The SMILES string of the molecule is COc1nc(C(=O)N(CCCc2ccccc2)CCN(C)C)cc2ccccc12. The smallest absolute Gasteiger partial charge is 0.272 e. The molecule has 3 rings (SSSR count). The number of amides is 1. The summed E-state index contributed by atoms with van der Waals surface area (Å²) < 4.78 is 5.45. The molecule has 1 aromatic heterocycles. The Labute approximate surface area is 172 Å². The van der Waals surface area contributed by atoms with E-state index < -0.39 is 0 Å². The average Bonchev–Trinajstić information content (AvgIpc) is 2.75. The van der Waals surface area contributed by atoms with Gasteiger partial charge >= 0.3 is 0 Å². The van der Waals surface area contributed by atoms with Crippen LogP contribution >= 0.6 is 0 Å². The quantitative estimate of drug-likeness (QED) is 0.555. The summed E-state index contributed by atoms with van der Waals surface area (Å²) in [5.41, 5.74) is 1.72. The lowest BCUT2D eigenvalue weighted by atomic mass is 10.1. The van der Waals surface area contributed by atoms with E-state index in [0.29, 0.717) is 24.7 Å². The van der Waals surface area contributed by atoms with E-state index in [1.54, 1.807) is 7.11 Å². The summed E-state index contributed by atoms with van der Waals surface area (Å²) in [5, 5.41) is 1.87. The van der Waals surface area contributed by atoms with Crippen molar-refractivity contribution < 1.29 is 9.53 Å². The zero-order valence-electron chi connectivity index (χ0n) is 17.5. The highest BCUT2D eigenvalue weighted by atomic mass is 16.5. The fourth-order valence-corrected chi connectivity index (χ4v) is 3.35. The molecule has 0 atom stereocenters. The average molecular weight is 392 g/mol. The van der Waals surface area contributed by atoms with E-state index in [9.17, 15) is 4.79 Å². The van der Waals surface area contributed by atoms with Gasteiger partial charge in [0.05, 0.1) is 7.11 Å². The van der Waals surface area contributed by atoms with Gasteiger partial charge in [0.25, 0.3) is 5.91 Å².